The first-order chi connectivity index (χ1) is 8.80. The van der Waals surface area contributed by atoms with E-state index in [2.05, 4.69) is 15.3 Å². The molecule has 0 saturated carbocycles. The van der Waals surface area contributed by atoms with Crippen LogP contribution in [-0.4, -0.2) is 31.2 Å². The predicted molar refractivity (Wildman–Crippen MR) is 70.1 cm³/mol. The third-order valence-corrected chi connectivity index (χ3v) is 2.59. The molecule has 0 spiro atoms. The minimum atomic E-state index is 0.709. The summed E-state index contributed by atoms with van der Waals surface area (Å²) in [6.07, 6.45) is 3.35. The lowest BCUT2D eigenvalue weighted by Gasteiger charge is -2.12. The van der Waals surface area contributed by atoms with Crippen LogP contribution in [0.4, 0.5) is 5.82 Å². The number of nitrogens with one attached hydrogen (secondary N) is 1. The minimum Gasteiger partial charge on any atom is -0.496 e. The molecule has 1 N–H and O–H groups in total. The van der Waals surface area contributed by atoms with E-state index in [9.17, 15) is 0 Å². The van der Waals surface area contributed by atoms with Crippen molar-refractivity contribution in [3.05, 3.63) is 30.6 Å². The number of hydrogen-bond donors (Lipinski definition) is 1. The van der Waals surface area contributed by atoms with Crippen LogP contribution in [0.3, 0.4) is 0 Å². The van der Waals surface area contributed by atoms with Gasteiger partial charge in [-0.1, -0.05) is 6.07 Å². The Morgan fingerprint density at radius 3 is 2.11 bits per heavy atom. The van der Waals surface area contributed by atoms with Crippen LogP contribution in [0.5, 0.6) is 11.5 Å². The van der Waals surface area contributed by atoms with E-state index in [1.807, 2.05) is 18.2 Å². The Labute approximate surface area is 106 Å². The Bertz CT molecular complexity index is 504. The van der Waals surface area contributed by atoms with Gasteiger partial charge in [-0.25, -0.2) is 4.98 Å². The summed E-state index contributed by atoms with van der Waals surface area (Å²) < 4.78 is 10.7. The van der Waals surface area contributed by atoms with Gasteiger partial charge in [-0.3, -0.25) is 4.98 Å². The Morgan fingerprint density at radius 2 is 1.67 bits per heavy atom. The third-order valence-electron chi connectivity index (χ3n) is 2.59. The van der Waals surface area contributed by atoms with E-state index in [1.165, 1.54) is 0 Å². The number of methoxy groups -OCH3 is 2. The van der Waals surface area contributed by atoms with Crippen molar-refractivity contribution in [2.75, 3.05) is 26.6 Å². The van der Waals surface area contributed by atoms with Gasteiger partial charge in [0.25, 0.3) is 0 Å². The van der Waals surface area contributed by atoms with Crippen LogP contribution in [0.2, 0.25) is 0 Å². The fourth-order valence-electron chi connectivity index (χ4n) is 1.69. The predicted octanol–water partition coefficient (Wildman–Crippen LogP) is 2.20. The van der Waals surface area contributed by atoms with Crippen molar-refractivity contribution in [1.82, 2.24) is 9.97 Å². The summed E-state index contributed by atoms with van der Waals surface area (Å²) >= 11 is 0. The van der Waals surface area contributed by atoms with Gasteiger partial charge in [0.05, 0.1) is 37.9 Å². The molecule has 1 heterocycles. The van der Waals surface area contributed by atoms with Gasteiger partial charge in [0, 0.05) is 7.05 Å². The largest absolute Gasteiger partial charge is 0.496 e. The molecule has 0 fully saturated rings. The Hall–Kier alpha value is -2.30. The highest BCUT2D eigenvalue weighted by Crippen LogP contribution is 2.36. The molecule has 0 atom stereocenters. The number of nitrogens with zero attached hydrogens (tertiary/aromatic N) is 2. The minimum absolute atomic E-state index is 0.709. The van der Waals surface area contributed by atoms with Crippen molar-refractivity contribution in [3.63, 3.8) is 0 Å². The van der Waals surface area contributed by atoms with Gasteiger partial charge in [0.15, 0.2) is 0 Å². The highest BCUT2D eigenvalue weighted by atomic mass is 16.5. The molecule has 0 aliphatic heterocycles. The molecule has 5 heteroatoms. The lowest BCUT2D eigenvalue weighted by atomic mass is 10.1. The average molecular weight is 245 g/mol. The molecule has 0 aliphatic rings. The molecule has 0 bridgehead atoms. The first kappa shape index (κ1) is 12.2. The quantitative estimate of drug-likeness (QED) is 0.895. The molecule has 1 aromatic carbocycles. The van der Waals surface area contributed by atoms with Crippen molar-refractivity contribution in [2.24, 2.45) is 0 Å². The summed E-state index contributed by atoms with van der Waals surface area (Å²) in [5, 5.41) is 2.93. The van der Waals surface area contributed by atoms with Crippen molar-refractivity contribution in [1.29, 1.82) is 0 Å². The molecule has 18 heavy (non-hydrogen) atoms. The van der Waals surface area contributed by atoms with Crippen molar-refractivity contribution >= 4 is 5.82 Å². The Morgan fingerprint density at radius 1 is 1.00 bits per heavy atom. The first-order valence-corrected chi connectivity index (χ1v) is 5.51. The van der Waals surface area contributed by atoms with Crippen LogP contribution in [0, 0.1) is 0 Å². The number of hydrogen-bond acceptors (Lipinski definition) is 5. The van der Waals surface area contributed by atoms with E-state index in [0.29, 0.717) is 23.0 Å². The zero-order chi connectivity index (χ0) is 13.0. The second-order valence-corrected chi connectivity index (χ2v) is 3.57. The zero-order valence-corrected chi connectivity index (χ0v) is 10.6. The molecule has 0 radical (unpaired) electrons. The molecular weight excluding hydrogens is 230 g/mol. The van der Waals surface area contributed by atoms with Crippen molar-refractivity contribution in [3.8, 4) is 22.8 Å². The highest BCUT2D eigenvalue weighted by Gasteiger charge is 2.13. The van der Waals surface area contributed by atoms with Crippen LogP contribution in [0.1, 0.15) is 0 Å². The highest BCUT2D eigenvalue weighted by molar-refractivity contribution is 5.74. The molecule has 0 unspecified atom stereocenters. The topological polar surface area (TPSA) is 56.3 Å². The number of ether oxygens (including phenoxy) is 2. The van der Waals surface area contributed by atoms with Gasteiger partial charge in [-0.15, -0.1) is 0 Å². The molecule has 0 aliphatic carbocycles. The first-order valence-electron chi connectivity index (χ1n) is 5.51. The van der Waals surface area contributed by atoms with Gasteiger partial charge in [-0.2, -0.15) is 0 Å². The van der Waals surface area contributed by atoms with Crippen LogP contribution in [0.15, 0.2) is 30.6 Å². The molecule has 5 nitrogen and oxygen atoms in total. The van der Waals surface area contributed by atoms with E-state index >= 15 is 0 Å². The number of aromatic nitrogens is 2. The van der Waals surface area contributed by atoms with E-state index in [0.717, 1.165) is 5.56 Å². The molecule has 1 aromatic heterocycles. The number of rotatable bonds is 4. The van der Waals surface area contributed by atoms with Gasteiger partial charge in [0.2, 0.25) is 0 Å². The molecular formula is C13H15N3O2. The third kappa shape index (κ3) is 2.20. The molecule has 2 aromatic rings. The van der Waals surface area contributed by atoms with Crippen molar-refractivity contribution in [2.45, 2.75) is 0 Å². The van der Waals surface area contributed by atoms with Crippen molar-refractivity contribution < 1.29 is 9.47 Å². The second-order valence-electron chi connectivity index (χ2n) is 3.57. The van der Waals surface area contributed by atoms with Gasteiger partial charge in [-0.05, 0) is 12.1 Å². The van der Waals surface area contributed by atoms with Gasteiger partial charge >= 0.3 is 0 Å². The molecule has 0 saturated heterocycles. The smallest absolute Gasteiger partial charge is 0.144 e. The van der Waals surface area contributed by atoms with Crippen LogP contribution < -0.4 is 14.8 Å². The number of benzene rings is 1. The fraction of sp³-hybridized carbons (Fsp3) is 0.231. The van der Waals surface area contributed by atoms with Crippen LogP contribution in [-0.2, 0) is 0 Å². The Kier molecular flexibility index (Phi) is 3.62. The lowest BCUT2D eigenvalue weighted by molar-refractivity contribution is 0.397. The molecule has 2 rings (SSSR count). The maximum absolute atomic E-state index is 5.34. The summed E-state index contributed by atoms with van der Waals surface area (Å²) in [4.78, 5) is 8.59. The standard InChI is InChI=1S/C13H15N3O2/c1-14-12-8-15-9(7-16-12)13-10(17-2)5-4-6-11(13)18-3/h4-8H,1-3H3,(H,14,16). The summed E-state index contributed by atoms with van der Waals surface area (Å²) in [7, 11) is 5.04. The monoisotopic (exact) mass is 245 g/mol. The molecule has 94 valence electrons. The second kappa shape index (κ2) is 5.35. The van der Waals surface area contributed by atoms with E-state index < -0.39 is 0 Å². The van der Waals surface area contributed by atoms with Crippen LogP contribution >= 0.6 is 0 Å². The Balaban J connectivity index is 2.53. The summed E-state index contributed by atoms with van der Waals surface area (Å²) in [6, 6.07) is 5.60. The maximum atomic E-state index is 5.34. The fourth-order valence-corrected chi connectivity index (χ4v) is 1.69. The summed E-state index contributed by atoms with van der Waals surface area (Å²) in [5.74, 6) is 2.13. The van der Waals surface area contributed by atoms with Gasteiger partial charge < -0.3 is 14.8 Å². The summed E-state index contributed by atoms with van der Waals surface area (Å²) in [5.41, 5.74) is 1.51. The average Bonchev–Trinajstić information content (AvgIpc) is 2.46. The zero-order valence-electron chi connectivity index (χ0n) is 10.6. The normalized spacial score (nSPS) is 9.94. The molecule has 0 amide bonds. The van der Waals surface area contributed by atoms with Crippen LogP contribution in [0.25, 0.3) is 11.3 Å². The number of anilines is 1. The van der Waals surface area contributed by atoms with E-state index in [4.69, 9.17) is 9.47 Å². The van der Waals surface area contributed by atoms with Gasteiger partial charge in [0.1, 0.15) is 17.3 Å². The lowest BCUT2D eigenvalue weighted by Crippen LogP contribution is -1.97. The summed E-state index contributed by atoms with van der Waals surface area (Å²) in [6.45, 7) is 0. The van der Waals surface area contributed by atoms with E-state index in [1.54, 1.807) is 33.7 Å². The SMILES string of the molecule is CNc1cnc(-c2c(OC)cccc2OC)cn1. The van der Waals surface area contributed by atoms with E-state index in [-0.39, 0.29) is 0 Å². The maximum Gasteiger partial charge on any atom is 0.144 e.